The highest BCUT2D eigenvalue weighted by Crippen LogP contribution is 2.35. The lowest BCUT2D eigenvalue weighted by atomic mass is 10.0. The van der Waals surface area contributed by atoms with Crippen LogP contribution in [0.2, 0.25) is 5.02 Å². The van der Waals surface area contributed by atoms with E-state index in [-0.39, 0.29) is 16.8 Å². The Balaban J connectivity index is 3.22. The number of anilines is 1. The van der Waals surface area contributed by atoms with Crippen LogP contribution in [0.3, 0.4) is 0 Å². The van der Waals surface area contributed by atoms with Crippen molar-refractivity contribution in [3.05, 3.63) is 33.3 Å². The zero-order valence-electron chi connectivity index (χ0n) is 10.5. The van der Waals surface area contributed by atoms with Gasteiger partial charge in [0.2, 0.25) is 0 Å². The summed E-state index contributed by atoms with van der Waals surface area (Å²) < 4.78 is 0. The van der Waals surface area contributed by atoms with Gasteiger partial charge in [-0.15, -0.1) is 0 Å². The Morgan fingerprint density at radius 3 is 2.41 bits per heavy atom. The first kappa shape index (κ1) is 13.8. The van der Waals surface area contributed by atoms with Crippen molar-refractivity contribution >= 4 is 23.0 Å². The average Bonchev–Trinajstić information content (AvgIpc) is 2.25. The summed E-state index contributed by atoms with van der Waals surface area (Å²) in [5.41, 5.74) is 0.535. The van der Waals surface area contributed by atoms with Crippen molar-refractivity contribution in [3.63, 3.8) is 0 Å². The normalized spacial score (nSPS) is 12.6. The highest BCUT2D eigenvalue weighted by molar-refractivity contribution is 6.33. The zero-order chi connectivity index (χ0) is 13.2. The van der Waals surface area contributed by atoms with Gasteiger partial charge < -0.3 is 4.90 Å². The van der Waals surface area contributed by atoms with Crippen molar-refractivity contribution in [1.29, 1.82) is 0 Å². The van der Waals surface area contributed by atoms with Crippen molar-refractivity contribution in [2.75, 3.05) is 11.9 Å². The van der Waals surface area contributed by atoms with Crippen LogP contribution in [0.4, 0.5) is 11.4 Å². The number of nitro groups is 1. The Labute approximate surface area is 106 Å². The Bertz CT molecular complexity index is 421. The molecule has 1 aromatic rings. The lowest BCUT2D eigenvalue weighted by molar-refractivity contribution is -0.384. The predicted octanol–water partition coefficient (Wildman–Crippen LogP) is 3.73. The van der Waals surface area contributed by atoms with E-state index >= 15 is 0 Å². The number of para-hydroxylation sites is 1. The smallest absolute Gasteiger partial charge is 0.310 e. The van der Waals surface area contributed by atoms with Gasteiger partial charge in [0.25, 0.3) is 0 Å². The Hall–Kier alpha value is -1.29. The molecule has 0 bridgehead atoms. The third-order valence-corrected chi connectivity index (χ3v) is 3.41. The van der Waals surface area contributed by atoms with Crippen LogP contribution in [-0.4, -0.2) is 18.0 Å². The van der Waals surface area contributed by atoms with Crippen molar-refractivity contribution in [2.45, 2.75) is 26.8 Å². The van der Waals surface area contributed by atoms with E-state index in [1.807, 2.05) is 18.9 Å². The predicted molar refractivity (Wildman–Crippen MR) is 70.8 cm³/mol. The molecular weight excluding hydrogens is 240 g/mol. The third-order valence-electron chi connectivity index (χ3n) is 3.10. The maximum absolute atomic E-state index is 11.0. The molecule has 94 valence electrons. The van der Waals surface area contributed by atoms with Gasteiger partial charge in [-0.25, -0.2) is 0 Å². The second kappa shape index (κ2) is 5.36. The van der Waals surface area contributed by atoms with Crippen molar-refractivity contribution in [3.8, 4) is 0 Å². The quantitative estimate of drug-likeness (QED) is 0.609. The van der Waals surface area contributed by atoms with Crippen LogP contribution in [0.1, 0.15) is 20.8 Å². The molecule has 0 N–H and O–H groups in total. The summed E-state index contributed by atoms with van der Waals surface area (Å²) in [6.45, 7) is 6.20. The maximum Gasteiger partial charge on any atom is 0.310 e. The maximum atomic E-state index is 11.0. The molecule has 1 unspecified atom stereocenters. The Kier molecular flexibility index (Phi) is 4.34. The topological polar surface area (TPSA) is 46.4 Å². The summed E-state index contributed by atoms with van der Waals surface area (Å²) in [6, 6.07) is 5.20. The molecule has 17 heavy (non-hydrogen) atoms. The number of hydrogen-bond donors (Lipinski definition) is 0. The number of hydrogen-bond acceptors (Lipinski definition) is 3. The standard InChI is InChI=1S/C12H17ClN2O2/c1-8(2)9(3)14(4)11-7-5-6-10(13)12(11)15(16)17/h5-9H,1-4H3. The van der Waals surface area contributed by atoms with Crippen LogP contribution in [-0.2, 0) is 0 Å². The van der Waals surface area contributed by atoms with Gasteiger partial charge in [0.05, 0.1) is 4.92 Å². The zero-order valence-corrected chi connectivity index (χ0v) is 11.2. The van der Waals surface area contributed by atoms with Crippen LogP contribution in [0, 0.1) is 16.0 Å². The summed E-state index contributed by atoms with van der Waals surface area (Å²) in [7, 11) is 1.85. The molecule has 0 aromatic heterocycles. The molecule has 1 aromatic carbocycles. The van der Waals surface area contributed by atoms with Gasteiger partial charge in [0.1, 0.15) is 10.7 Å². The molecule has 0 spiro atoms. The van der Waals surface area contributed by atoms with E-state index in [4.69, 9.17) is 11.6 Å². The molecule has 0 aliphatic carbocycles. The highest BCUT2D eigenvalue weighted by atomic mass is 35.5. The fraction of sp³-hybridized carbons (Fsp3) is 0.500. The second-order valence-corrected chi connectivity index (χ2v) is 4.87. The molecule has 0 aliphatic heterocycles. The molecule has 0 heterocycles. The first-order chi connectivity index (χ1) is 7.86. The third kappa shape index (κ3) is 2.88. The van der Waals surface area contributed by atoms with Crippen molar-refractivity contribution < 1.29 is 4.92 Å². The Morgan fingerprint density at radius 2 is 1.94 bits per heavy atom. The van der Waals surface area contributed by atoms with E-state index in [9.17, 15) is 10.1 Å². The first-order valence-electron chi connectivity index (χ1n) is 5.52. The van der Waals surface area contributed by atoms with E-state index in [0.29, 0.717) is 11.6 Å². The molecule has 0 fully saturated rings. The molecule has 0 aliphatic rings. The number of halogens is 1. The molecule has 1 rings (SSSR count). The number of nitrogens with zero attached hydrogens (tertiary/aromatic N) is 2. The van der Waals surface area contributed by atoms with E-state index < -0.39 is 4.92 Å². The minimum atomic E-state index is -0.429. The molecule has 5 heteroatoms. The molecule has 0 saturated heterocycles. The van der Waals surface area contributed by atoms with Crippen LogP contribution >= 0.6 is 11.6 Å². The summed E-state index contributed by atoms with van der Waals surface area (Å²) >= 11 is 5.88. The monoisotopic (exact) mass is 256 g/mol. The lowest BCUT2D eigenvalue weighted by Crippen LogP contribution is -2.33. The fourth-order valence-corrected chi connectivity index (χ4v) is 1.87. The number of rotatable bonds is 4. The van der Waals surface area contributed by atoms with Crippen LogP contribution in [0.25, 0.3) is 0 Å². The van der Waals surface area contributed by atoms with Gasteiger partial charge in [-0.05, 0) is 25.0 Å². The van der Waals surface area contributed by atoms with E-state index in [1.54, 1.807) is 12.1 Å². The van der Waals surface area contributed by atoms with E-state index in [1.165, 1.54) is 6.07 Å². The summed E-state index contributed by atoms with van der Waals surface area (Å²) in [6.07, 6.45) is 0. The minimum absolute atomic E-state index is 0.0239. The van der Waals surface area contributed by atoms with Gasteiger partial charge in [-0.3, -0.25) is 10.1 Å². The lowest BCUT2D eigenvalue weighted by Gasteiger charge is -2.29. The average molecular weight is 257 g/mol. The summed E-state index contributed by atoms with van der Waals surface area (Å²) in [5, 5.41) is 11.2. The van der Waals surface area contributed by atoms with Gasteiger partial charge in [0, 0.05) is 13.1 Å². The van der Waals surface area contributed by atoms with E-state index in [0.717, 1.165) is 0 Å². The van der Waals surface area contributed by atoms with Crippen molar-refractivity contribution in [1.82, 2.24) is 0 Å². The molecule has 0 amide bonds. The summed E-state index contributed by atoms with van der Waals surface area (Å²) in [4.78, 5) is 12.5. The number of benzene rings is 1. The minimum Gasteiger partial charge on any atom is -0.366 e. The van der Waals surface area contributed by atoms with Crippen LogP contribution < -0.4 is 4.90 Å². The van der Waals surface area contributed by atoms with Crippen LogP contribution in [0.5, 0.6) is 0 Å². The molecule has 1 atom stereocenters. The van der Waals surface area contributed by atoms with Gasteiger partial charge >= 0.3 is 5.69 Å². The van der Waals surface area contributed by atoms with Crippen LogP contribution in [0.15, 0.2) is 18.2 Å². The van der Waals surface area contributed by atoms with Crippen molar-refractivity contribution in [2.24, 2.45) is 5.92 Å². The van der Waals surface area contributed by atoms with Gasteiger partial charge in [-0.1, -0.05) is 31.5 Å². The van der Waals surface area contributed by atoms with Gasteiger partial charge in [0.15, 0.2) is 0 Å². The largest absolute Gasteiger partial charge is 0.366 e. The Morgan fingerprint density at radius 1 is 1.35 bits per heavy atom. The molecular formula is C12H17ClN2O2. The second-order valence-electron chi connectivity index (χ2n) is 4.46. The molecule has 0 radical (unpaired) electrons. The SMILES string of the molecule is CC(C)C(C)N(C)c1cccc(Cl)c1[N+](=O)[O-]. The summed E-state index contributed by atoms with van der Waals surface area (Å²) in [5.74, 6) is 0.401. The highest BCUT2D eigenvalue weighted by Gasteiger charge is 2.24. The number of nitro benzene ring substituents is 1. The fourth-order valence-electron chi connectivity index (χ4n) is 1.64. The van der Waals surface area contributed by atoms with E-state index in [2.05, 4.69) is 13.8 Å². The van der Waals surface area contributed by atoms with Gasteiger partial charge in [-0.2, -0.15) is 0 Å². The molecule has 0 saturated carbocycles. The first-order valence-corrected chi connectivity index (χ1v) is 5.89. The molecule has 4 nitrogen and oxygen atoms in total.